The number of rotatable bonds is 7. The predicted octanol–water partition coefficient (Wildman–Crippen LogP) is 17.3. The van der Waals surface area contributed by atoms with Crippen LogP contribution in [0.4, 0.5) is 0 Å². The van der Waals surface area contributed by atoms with Gasteiger partial charge in [-0.1, -0.05) is 179 Å². The molecule has 0 atom stereocenters. The Balaban J connectivity index is 1.01. The Bertz CT molecular complexity index is 3730. The first kappa shape index (κ1) is 46.8. The van der Waals surface area contributed by atoms with Gasteiger partial charge >= 0.3 is 0 Å². The molecule has 0 spiro atoms. The Morgan fingerprint density at radius 2 is 1.07 bits per heavy atom. The molecule has 7 aromatic carbocycles. The standard InChI is InChI=1S/C68H68N4O/c1-64(2,3)46-32-37-69-62(40-46)72-58-23-13-12-20-52(58)53-29-28-49(42-61(53)72)73-48-19-16-18-47(41-48)70-43-71(60-25-15-14-24-59(60)70)63-50(44-26-30-54-56(38-44)67(8,9)35-33-65(54,4)5)21-17-22-51(63)45-27-31-55-57(39-45)68(10,11)36-34-66(55,6)7/h12-32,37-42H,33-36H2,1-11H3. The second-order valence-corrected chi connectivity index (χ2v) is 24.8. The third kappa shape index (κ3) is 7.89. The van der Waals surface area contributed by atoms with Crippen LogP contribution < -0.4 is 9.30 Å². The number of ether oxygens (including phenoxy) is 1. The van der Waals surface area contributed by atoms with E-state index in [4.69, 9.17) is 9.72 Å². The molecule has 0 saturated heterocycles. The Kier molecular flexibility index (Phi) is 10.7. The van der Waals surface area contributed by atoms with Crippen molar-refractivity contribution in [1.82, 2.24) is 14.1 Å². The number of hydrogen-bond donors (Lipinski definition) is 0. The summed E-state index contributed by atoms with van der Waals surface area (Å²) >= 11 is 0. The highest BCUT2D eigenvalue weighted by atomic mass is 16.5. The summed E-state index contributed by atoms with van der Waals surface area (Å²) in [6.45, 7) is 26.1. The average molecular weight is 957 g/mol. The molecule has 10 aromatic rings. The van der Waals surface area contributed by atoms with E-state index in [2.05, 4.69) is 248 Å². The largest absolute Gasteiger partial charge is 0.458 e. The molecule has 0 N–H and O–H groups in total. The number of fused-ring (bicyclic) bond motifs is 6. The quantitative estimate of drug-likeness (QED) is 0.118. The first-order valence-corrected chi connectivity index (χ1v) is 26.5. The Labute approximate surface area is 432 Å². The molecule has 0 unspecified atom stereocenters. The van der Waals surface area contributed by atoms with Crippen LogP contribution in [0.2, 0.25) is 0 Å². The molecule has 0 bridgehead atoms. The van der Waals surface area contributed by atoms with Gasteiger partial charge in [0.15, 0.2) is 0 Å². The highest BCUT2D eigenvalue weighted by Crippen LogP contribution is 2.50. The molecule has 3 aromatic heterocycles. The summed E-state index contributed by atoms with van der Waals surface area (Å²) in [5, 5.41) is 2.34. The second kappa shape index (κ2) is 16.6. The van der Waals surface area contributed by atoms with E-state index in [0.29, 0.717) is 0 Å². The van der Waals surface area contributed by atoms with E-state index in [-0.39, 0.29) is 27.1 Å². The Morgan fingerprint density at radius 1 is 0.507 bits per heavy atom. The smallest absolute Gasteiger partial charge is 0.269 e. The van der Waals surface area contributed by atoms with Gasteiger partial charge in [-0.05, 0) is 151 Å². The van der Waals surface area contributed by atoms with Crippen LogP contribution in [0.25, 0.3) is 72.3 Å². The van der Waals surface area contributed by atoms with Crippen LogP contribution in [0.1, 0.15) is 130 Å². The van der Waals surface area contributed by atoms with Crippen molar-refractivity contribution >= 4 is 32.8 Å². The number of nitrogens with zero attached hydrogens (tertiary/aromatic N) is 4. The van der Waals surface area contributed by atoms with Crippen molar-refractivity contribution in [2.45, 2.75) is 129 Å². The van der Waals surface area contributed by atoms with Gasteiger partial charge in [0.1, 0.15) is 17.3 Å². The van der Waals surface area contributed by atoms with E-state index in [1.165, 1.54) is 68.3 Å². The van der Waals surface area contributed by atoms with Gasteiger partial charge < -0.3 is 4.74 Å². The van der Waals surface area contributed by atoms with Gasteiger partial charge in [0.25, 0.3) is 6.33 Å². The Morgan fingerprint density at radius 3 is 1.71 bits per heavy atom. The Hall–Kier alpha value is -7.24. The fourth-order valence-electron chi connectivity index (χ4n) is 12.3. The molecule has 366 valence electrons. The van der Waals surface area contributed by atoms with E-state index >= 15 is 0 Å². The van der Waals surface area contributed by atoms with Crippen LogP contribution in [0.5, 0.6) is 11.5 Å². The first-order chi connectivity index (χ1) is 34.8. The molecular formula is C68H68N4O. The summed E-state index contributed by atoms with van der Waals surface area (Å²) in [4.78, 5) is 4.92. The highest BCUT2D eigenvalue weighted by Gasteiger charge is 2.39. The lowest BCUT2D eigenvalue weighted by atomic mass is 9.62. The summed E-state index contributed by atoms with van der Waals surface area (Å²) in [5.41, 5.74) is 18.6. The minimum Gasteiger partial charge on any atom is -0.458 e. The zero-order valence-electron chi connectivity index (χ0n) is 44.6. The number of para-hydroxylation sites is 4. The number of aromatic nitrogens is 4. The number of hydrogen-bond acceptors (Lipinski definition) is 2. The van der Waals surface area contributed by atoms with Gasteiger partial charge in [-0.3, -0.25) is 13.7 Å². The van der Waals surface area contributed by atoms with E-state index in [9.17, 15) is 0 Å². The van der Waals surface area contributed by atoms with E-state index < -0.39 is 0 Å². The molecule has 0 aliphatic heterocycles. The lowest BCUT2D eigenvalue weighted by molar-refractivity contribution is -0.571. The minimum atomic E-state index is -0.0177. The monoisotopic (exact) mass is 957 g/mol. The molecule has 73 heavy (non-hydrogen) atoms. The molecule has 0 fully saturated rings. The van der Waals surface area contributed by atoms with Gasteiger partial charge in [-0.2, -0.15) is 0 Å². The number of pyridine rings is 1. The zero-order chi connectivity index (χ0) is 50.8. The highest BCUT2D eigenvalue weighted by molar-refractivity contribution is 6.09. The van der Waals surface area contributed by atoms with Crippen LogP contribution in [-0.4, -0.2) is 14.1 Å². The fourth-order valence-corrected chi connectivity index (χ4v) is 12.3. The third-order valence-corrected chi connectivity index (χ3v) is 16.9. The SMILES string of the molecule is CC(C)(C)c1ccnc(-n2c3ccccc3c3ccc(Oc4cccc(-n5[c-][n+](-c6c(-c7ccc8c(c7)C(C)(C)CCC8(C)C)cccc6-c6ccc7c(c6)C(C)(C)CCC7(C)C)c6ccccc65)c4)cc32)c1. The molecule has 2 aliphatic rings. The fraction of sp³-hybridized carbons (Fsp3) is 0.294. The van der Waals surface area contributed by atoms with Crippen LogP contribution in [0.3, 0.4) is 0 Å². The molecule has 0 saturated carbocycles. The lowest BCUT2D eigenvalue weighted by Crippen LogP contribution is -2.34. The van der Waals surface area contributed by atoms with Gasteiger partial charge in [-0.25, -0.2) is 4.98 Å². The molecule has 0 radical (unpaired) electrons. The molecule has 5 heteroatoms. The van der Waals surface area contributed by atoms with E-state index in [1.54, 1.807) is 0 Å². The summed E-state index contributed by atoms with van der Waals surface area (Å²) in [6.07, 6.45) is 10.6. The number of benzene rings is 7. The predicted molar refractivity (Wildman–Crippen MR) is 302 cm³/mol. The van der Waals surface area contributed by atoms with Crippen molar-refractivity contribution in [3.8, 4) is 50.9 Å². The summed E-state index contributed by atoms with van der Waals surface area (Å²) < 4.78 is 13.7. The first-order valence-electron chi connectivity index (χ1n) is 26.5. The average Bonchev–Trinajstić information content (AvgIpc) is 3.92. The third-order valence-electron chi connectivity index (χ3n) is 16.9. The van der Waals surface area contributed by atoms with Gasteiger partial charge in [0.2, 0.25) is 0 Å². The van der Waals surface area contributed by atoms with Crippen molar-refractivity contribution in [2.75, 3.05) is 0 Å². The maximum atomic E-state index is 6.86. The maximum Gasteiger partial charge on any atom is 0.269 e. The van der Waals surface area contributed by atoms with E-state index in [1.807, 2.05) is 12.3 Å². The summed E-state index contributed by atoms with van der Waals surface area (Å²) in [6, 6.07) is 58.0. The topological polar surface area (TPSA) is 35.9 Å². The van der Waals surface area contributed by atoms with Crippen molar-refractivity contribution in [2.24, 2.45) is 0 Å². The van der Waals surface area contributed by atoms with Gasteiger partial charge in [0, 0.05) is 23.0 Å². The van der Waals surface area contributed by atoms with Gasteiger partial charge in [-0.15, -0.1) is 0 Å². The van der Waals surface area contributed by atoms with E-state index in [0.717, 1.165) is 69.0 Å². The molecular weight excluding hydrogens is 889 g/mol. The van der Waals surface area contributed by atoms with Crippen LogP contribution >= 0.6 is 0 Å². The second-order valence-electron chi connectivity index (χ2n) is 24.8. The van der Waals surface area contributed by atoms with Crippen molar-refractivity contribution < 1.29 is 9.30 Å². The van der Waals surface area contributed by atoms with Crippen molar-refractivity contribution in [3.05, 3.63) is 198 Å². The summed E-state index contributed by atoms with van der Waals surface area (Å²) in [5.74, 6) is 2.39. The molecule has 12 rings (SSSR count). The number of imidazole rings is 1. The molecule has 2 aliphatic carbocycles. The molecule has 5 nitrogen and oxygen atoms in total. The van der Waals surface area contributed by atoms with Crippen LogP contribution in [-0.2, 0) is 27.1 Å². The van der Waals surface area contributed by atoms with Crippen LogP contribution in [0, 0.1) is 6.33 Å². The normalized spacial score (nSPS) is 16.6. The van der Waals surface area contributed by atoms with Crippen molar-refractivity contribution in [1.29, 1.82) is 0 Å². The lowest BCUT2D eigenvalue weighted by Gasteiger charge is -2.42. The minimum absolute atomic E-state index is 0.0177. The zero-order valence-corrected chi connectivity index (χ0v) is 44.6. The van der Waals surface area contributed by atoms with Crippen molar-refractivity contribution in [3.63, 3.8) is 0 Å². The summed E-state index contributed by atoms with van der Waals surface area (Å²) in [7, 11) is 0. The molecule has 0 amide bonds. The van der Waals surface area contributed by atoms with Gasteiger partial charge in [0.05, 0.1) is 33.4 Å². The van der Waals surface area contributed by atoms with Crippen LogP contribution in [0.15, 0.2) is 164 Å². The molecule has 3 heterocycles. The maximum absolute atomic E-state index is 6.86.